The molecule has 2 aromatic rings. The van der Waals surface area contributed by atoms with E-state index in [0.29, 0.717) is 6.04 Å². The van der Waals surface area contributed by atoms with Crippen LogP contribution >= 0.6 is 11.3 Å². The quantitative estimate of drug-likeness (QED) is 0.931. The van der Waals surface area contributed by atoms with Crippen molar-refractivity contribution < 1.29 is 4.74 Å². The van der Waals surface area contributed by atoms with Gasteiger partial charge in [0.25, 0.3) is 0 Å². The molecule has 1 atom stereocenters. The van der Waals surface area contributed by atoms with Crippen LogP contribution in [0.2, 0.25) is 0 Å². The van der Waals surface area contributed by atoms with Gasteiger partial charge in [0.2, 0.25) is 0 Å². The first kappa shape index (κ1) is 12.6. The van der Waals surface area contributed by atoms with Crippen LogP contribution in [-0.4, -0.2) is 18.1 Å². The van der Waals surface area contributed by atoms with E-state index in [2.05, 4.69) is 33.9 Å². The number of nitrogens with zero attached hydrogens (tertiary/aromatic N) is 1. The Kier molecular flexibility index (Phi) is 3.80. The molecule has 19 heavy (non-hydrogen) atoms. The van der Waals surface area contributed by atoms with Crippen LogP contribution in [0.1, 0.15) is 23.2 Å². The van der Waals surface area contributed by atoms with Gasteiger partial charge in [-0.2, -0.15) is 0 Å². The first-order valence-electron chi connectivity index (χ1n) is 6.61. The third-order valence-corrected chi connectivity index (χ3v) is 4.33. The summed E-state index contributed by atoms with van der Waals surface area (Å²) in [6.45, 7) is 0.869. The maximum Gasteiger partial charge on any atom is 0.119 e. The zero-order valence-corrected chi connectivity index (χ0v) is 11.9. The normalized spacial score (nSPS) is 18.1. The van der Waals surface area contributed by atoms with Gasteiger partial charge in [0.05, 0.1) is 18.3 Å². The van der Waals surface area contributed by atoms with Crippen LogP contribution in [-0.2, 0) is 19.4 Å². The Morgan fingerprint density at radius 1 is 1.42 bits per heavy atom. The van der Waals surface area contributed by atoms with E-state index in [1.807, 2.05) is 5.51 Å². The summed E-state index contributed by atoms with van der Waals surface area (Å²) in [6.07, 6.45) is 3.42. The van der Waals surface area contributed by atoms with Crippen LogP contribution in [0.15, 0.2) is 29.1 Å². The van der Waals surface area contributed by atoms with Crippen LogP contribution in [0.3, 0.4) is 0 Å². The van der Waals surface area contributed by atoms with Crippen molar-refractivity contribution in [2.75, 3.05) is 7.11 Å². The predicted octanol–water partition coefficient (Wildman–Crippen LogP) is 2.80. The molecule has 0 bridgehead atoms. The molecule has 1 aliphatic carbocycles. The number of fused-ring (bicyclic) bond motifs is 1. The Bertz CT molecular complexity index is 539. The summed E-state index contributed by atoms with van der Waals surface area (Å²) in [6, 6.07) is 6.97. The number of nitrogens with one attached hydrogen (secondary N) is 1. The van der Waals surface area contributed by atoms with Crippen molar-refractivity contribution in [1.82, 2.24) is 10.3 Å². The molecule has 3 rings (SSSR count). The number of rotatable bonds is 4. The minimum absolute atomic E-state index is 0.543. The number of methoxy groups -OCH3 is 1. The molecule has 1 aromatic carbocycles. The van der Waals surface area contributed by atoms with Crippen molar-refractivity contribution in [3.8, 4) is 5.75 Å². The molecule has 0 amide bonds. The fourth-order valence-corrected chi connectivity index (χ4v) is 3.17. The lowest BCUT2D eigenvalue weighted by atomic mass is 9.88. The SMILES string of the molecule is COc1ccc2c(c1)CC(NCc1cscn1)CC2. The van der Waals surface area contributed by atoms with Crippen LogP contribution in [0.5, 0.6) is 5.75 Å². The third kappa shape index (κ3) is 2.96. The molecule has 0 spiro atoms. The Morgan fingerprint density at radius 3 is 3.16 bits per heavy atom. The van der Waals surface area contributed by atoms with E-state index >= 15 is 0 Å². The summed E-state index contributed by atoms with van der Waals surface area (Å²) in [5.74, 6) is 0.957. The lowest BCUT2D eigenvalue weighted by Crippen LogP contribution is -2.34. The molecule has 1 N–H and O–H groups in total. The standard InChI is InChI=1S/C15H18N2OS/c1-18-15-5-3-11-2-4-13(6-12(11)7-15)16-8-14-9-19-10-17-14/h3,5,7,9-10,13,16H,2,4,6,8H2,1H3. The monoisotopic (exact) mass is 274 g/mol. The number of thiazole rings is 1. The van der Waals surface area contributed by atoms with E-state index < -0.39 is 0 Å². The van der Waals surface area contributed by atoms with Gasteiger partial charge in [-0.3, -0.25) is 0 Å². The zero-order valence-electron chi connectivity index (χ0n) is 11.1. The van der Waals surface area contributed by atoms with Gasteiger partial charge >= 0.3 is 0 Å². The summed E-state index contributed by atoms with van der Waals surface area (Å²) in [5, 5.41) is 5.71. The van der Waals surface area contributed by atoms with Gasteiger partial charge in [0.15, 0.2) is 0 Å². The molecule has 0 fully saturated rings. The Labute approximate surface area is 117 Å². The van der Waals surface area contributed by atoms with Gasteiger partial charge < -0.3 is 10.1 Å². The van der Waals surface area contributed by atoms with Gasteiger partial charge in [0, 0.05) is 18.0 Å². The molecule has 0 saturated carbocycles. The highest BCUT2D eigenvalue weighted by Crippen LogP contribution is 2.25. The lowest BCUT2D eigenvalue weighted by molar-refractivity contribution is 0.410. The molecule has 3 nitrogen and oxygen atoms in total. The molecule has 100 valence electrons. The summed E-state index contributed by atoms with van der Waals surface area (Å²) in [4.78, 5) is 4.31. The number of hydrogen-bond donors (Lipinski definition) is 1. The van der Waals surface area contributed by atoms with Gasteiger partial charge in [-0.05, 0) is 42.5 Å². The largest absolute Gasteiger partial charge is 0.497 e. The molecule has 1 unspecified atom stereocenters. The number of hydrogen-bond acceptors (Lipinski definition) is 4. The summed E-state index contributed by atoms with van der Waals surface area (Å²) >= 11 is 1.65. The van der Waals surface area contributed by atoms with E-state index in [1.165, 1.54) is 17.5 Å². The average molecular weight is 274 g/mol. The van der Waals surface area contributed by atoms with E-state index in [-0.39, 0.29) is 0 Å². The Morgan fingerprint density at radius 2 is 2.37 bits per heavy atom. The second-order valence-electron chi connectivity index (χ2n) is 4.94. The molecule has 1 heterocycles. The van der Waals surface area contributed by atoms with E-state index in [0.717, 1.165) is 30.8 Å². The van der Waals surface area contributed by atoms with Crippen molar-refractivity contribution in [2.45, 2.75) is 31.8 Å². The highest BCUT2D eigenvalue weighted by atomic mass is 32.1. The average Bonchev–Trinajstić information content (AvgIpc) is 2.97. The minimum Gasteiger partial charge on any atom is -0.497 e. The van der Waals surface area contributed by atoms with Gasteiger partial charge in [-0.25, -0.2) is 4.98 Å². The van der Waals surface area contributed by atoms with E-state index in [1.54, 1.807) is 18.4 Å². The van der Waals surface area contributed by atoms with Crippen LogP contribution in [0, 0.1) is 0 Å². The summed E-state index contributed by atoms with van der Waals surface area (Å²) in [7, 11) is 1.72. The molecule has 1 aliphatic rings. The number of benzene rings is 1. The molecular weight excluding hydrogens is 256 g/mol. The number of aryl methyl sites for hydroxylation is 1. The fourth-order valence-electron chi connectivity index (χ4n) is 2.61. The van der Waals surface area contributed by atoms with Crippen molar-refractivity contribution in [3.63, 3.8) is 0 Å². The smallest absolute Gasteiger partial charge is 0.119 e. The molecule has 0 aliphatic heterocycles. The first-order chi connectivity index (χ1) is 9.35. The fraction of sp³-hybridized carbons (Fsp3) is 0.400. The van der Waals surface area contributed by atoms with Crippen molar-refractivity contribution >= 4 is 11.3 Å². The molecule has 1 aromatic heterocycles. The van der Waals surface area contributed by atoms with Crippen LogP contribution < -0.4 is 10.1 Å². The van der Waals surface area contributed by atoms with Crippen molar-refractivity contribution in [1.29, 1.82) is 0 Å². The van der Waals surface area contributed by atoms with Crippen molar-refractivity contribution in [3.05, 3.63) is 45.9 Å². The molecule has 0 radical (unpaired) electrons. The topological polar surface area (TPSA) is 34.1 Å². The van der Waals surface area contributed by atoms with Gasteiger partial charge in [-0.1, -0.05) is 6.07 Å². The zero-order chi connectivity index (χ0) is 13.1. The van der Waals surface area contributed by atoms with Crippen LogP contribution in [0.4, 0.5) is 0 Å². The predicted molar refractivity (Wildman–Crippen MR) is 77.8 cm³/mol. The van der Waals surface area contributed by atoms with E-state index in [9.17, 15) is 0 Å². The second-order valence-corrected chi connectivity index (χ2v) is 5.65. The first-order valence-corrected chi connectivity index (χ1v) is 7.55. The molecular formula is C15H18N2OS. The van der Waals surface area contributed by atoms with Crippen molar-refractivity contribution in [2.24, 2.45) is 0 Å². The number of ether oxygens (including phenoxy) is 1. The highest BCUT2D eigenvalue weighted by molar-refractivity contribution is 7.07. The summed E-state index contributed by atoms with van der Waals surface area (Å²) in [5.41, 5.74) is 5.91. The number of aromatic nitrogens is 1. The maximum atomic E-state index is 5.31. The highest BCUT2D eigenvalue weighted by Gasteiger charge is 2.18. The summed E-state index contributed by atoms with van der Waals surface area (Å²) < 4.78 is 5.31. The molecule has 4 heteroatoms. The van der Waals surface area contributed by atoms with Crippen LogP contribution in [0.25, 0.3) is 0 Å². The minimum atomic E-state index is 0.543. The third-order valence-electron chi connectivity index (χ3n) is 3.70. The molecule has 0 saturated heterocycles. The van der Waals surface area contributed by atoms with Gasteiger partial charge in [0.1, 0.15) is 5.75 Å². The maximum absolute atomic E-state index is 5.31. The van der Waals surface area contributed by atoms with Gasteiger partial charge in [-0.15, -0.1) is 11.3 Å². The Balaban J connectivity index is 1.64. The lowest BCUT2D eigenvalue weighted by Gasteiger charge is -2.25. The Hall–Kier alpha value is -1.39. The second kappa shape index (κ2) is 5.72. The van der Waals surface area contributed by atoms with E-state index in [4.69, 9.17) is 4.74 Å².